The van der Waals surface area contributed by atoms with E-state index in [-0.39, 0.29) is 6.15 Å². The molecule has 1 aliphatic rings. The van der Waals surface area contributed by atoms with Gasteiger partial charge in [-0.3, -0.25) is 0 Å². The molecule has 52 valence electrons. The van der Waals surface area contributed by atoms with Crippen LogP contribution in [0.1, 0.15) is 6.42 Å². The largest absolute Gasteiger partial charge is 0.411 e. The van der Waals surface area contributed by atoms with Crippen molar-refractivity contribution < 1.29 is 0 Å². The number of hydrogen-bond acceptors (Lipinski definition) is 2. The number of thiocarbonyl (C=S) groups is 1. The van der Waals surface area contributed by atoms with Crippen LogP contribution in [-0.4, -0.2) is 15.8 Å². The van der Waals surface area contributed by atoms with Gasteiger partial charge in [0.25, 0.3) is 0 Å². The monoisotopic (exact) mass is 162 g/mol. The first-order valence-corrected chi connectivity index (χ1v) is 3.26. The Morgan fingerprint density at radius 1 is 1.67 bits per heavy atom. The second-order valence-corrected chi connectivity index (χ2v) is 2.66. The smallest absolute Gasteiger partial charge is 0.0243 e. The van der Waals surface area contributed by atoms with E-state index in [4.69, 9.17) is 24.8 Å². The van der Waals surface area contributed by atoms with Crippen molar-refractivity contribution in [2.24, 2.45) is 0 Å². The van der Waals surface area contributed by atoms with Gasteiger partial charge in [-0.2, -0.15) is 0 Å². The Morgan fingerprint density at radius 3 is 2.56 bits per heavy atom. The molecule has 0 aromatic rings. The Hall–Kier alpha value is -0.190. The summed E-state index contributed by atoms with van der Waals surface area (Å²) < 4.78 is 0.554. The summed E-state index contributed by atoms with van der Waals surface area (Å²) in [5, 5.41) is 0. The van der Waals surface area contributed by atoms with E-state index in [0.29, 0.717) is 4.32 Å². The molecule has 4 N–H and O–H groups in total. The van der Waals surface area contributed by atoms with Gasteiger partial charge in [0.2, 0.25) is 0 Å². The number of quaternary nitrogens is 1. The molecule has 0 aromatic carbocycles. The second kappa shape index (κ2) is 3.76. The average Bonchev–Trinajstić information content (AvgIpc) is 2.12. The van der Waals surface area contributed by atoms with Gasteiger partial charge in [0.15, 0.2) is 0 Å². The van der Waals surface area contributed by atoms with Gasteiger partial charge < -0.3 is 35.9 Å². The van der Waals surface area contributed by atoms with Crippen molar-refractivity contribution in [3.8, 4) is 0 Å². The number of rotatable bonds is 0. The summed E-state index contributed by atoms with van der Waals surface area (Å²) in [7, 11) is 0. The fourth-order valence-electron chi connectivity index (χ4n) is 0.642. The second-order valence-electron chi connectivity index (χ2n) is 1.63. The van der Waals surface area contributed by atoms with Crippen molar-refractivity contribution in [2.75, 3.05) is 6.54 Å². The predicted octanol–water partition coefficient (Wildman–Crippen LogP) is 1.41. The maximum Gasteiger partial charge on any atom is 0.0243 e. The van der Waals surface area contributed by atoms with Crippen LogP contribution in [-0.2, 0) is 12.6 Å². The molecule has 9 heavy (non-hydrogen) atoms. The third-order valence-electron chi connectivity index (χ3n) is 1.06. The highest BCUT2D eigenvalue weighted by Crippen LogP contribution is 2.03. The molecule has 2 nitrogen and oxygen atoms in total. The summed E-state index contributed by atoms with van der Waals surface area (Å²) in [5.41, 5.74) is 0. The van der Waals surface area contributed by atoms with Crippen LogP contribution < -0.4 is 6.15 Å². The van der Waals surface area contributed by atoms with Gasteiger partial charge in [-0.15, -0.1) is 0 Å². The summed E-state index contributed by atoms with van der Waals surface area (Å²) >= 11 is 9.49. The van der Waals surface area contributed by atoms with E-state index < -0.39 is 0 Å². The summed E-state index contributed by atoms with van der Waals surface area (Å²) in [4.78, 5) is 1.89. The third-order valence-corrected chi connectivity index (χ3v) is 1.53. The van der Waals surface area contributed by atoms with Crippen molar-refractivity contribution in [3.05, 3.63) is 12.3 Å². The van der Waals surface area contributed by atoms with Crippen molar-refractivity contribution in [3.63, 3.8) is 0 Å². The Kier molecular flexibility index (Phi) is 3.68. The van der Waals surface area contributed by atoms with Crippen molar-refractivity contribution >= 4 is 29.2 Å². The van der Waals surface area contributed by atoms with Crippen molar-refractivity contribution in [1.82, 2.24) is 11.1 Å². The maximum absolute atomic E-state index is 4.74. The highest BCUT2D eigenvalue weighted by Gasteiger charge is 1.98. The van der Waals surface area contributed by atoms with Gasteiger partial charge in [0, 0.05) is 6.54 Å². The summed E-state index contributed by atoms with van der Waals surface area (Å²) in [6.45, 7) is 0.975. The standard InChI is InChI=1S/C5H7NS2.H3N/c7-5(8)6-3-1-2-4-6;/h1,3H,2,4H2,(H,7,8);1H3. The lowest BCUT2D eigenvalue weighted by Gasteiger charge is -2.18. The van der Waals surface area contributed by atoms with Gasteiger partial charge in [-0.05, 0) is 12.6 Å². The average molecular weight is 162 g/mol. The molecule has 0 bridgehead atoms. The molecule has 0 amide bonds. The topological polar surface area (TPSA) is 39.7 Å². The van der Waals surface area contributed by atoms with E-state index in [1.54, 1.807) is 0 Å². The minimum Gasteiger partial charge on any atom is -0.411 e. The predicted molar refractivity (Wildman–Crippen MR) is 46.4 cm³/mol. The molecule has 0 saturated heterocycles. The van der Waals surface area contributed by atoms with E-state index in [2.05, 4.69) is 6.08 Å². The zero-order valence-corrected chi connectivity index (χ0v) is 6.97. The molecule has 0 aromatic heterocycles. The Morgan fingerprint density at radius 2 is 2.33 bits per heavy atom. The van der Waals surface area contributed by atoms with Crippen LogP contribution in [0.2, 0.25) is 0 Å². The van der Waals surface area contributed by atoms with Crippen LogP contribution in [0.5, 0.6) is 0 Å². The lowest BCUT2D eigenvalue weighted by atomic mass is 10.5. The van der Waals surface area contributed by atoms with Gasteiger partial charge >= 0.3 is 0 Å². The van der Waals surface area contributed by atoms with Crippen LogP contribution in [0, 0.1) is 0 Å². The fourth-order valence-corrected chi connectivity index (χ4v) is 0.946. The van der Waals surface area contributed by atoms with Crippen molar-refractivity contribution in [1.29, 1.82) is 0 Å². The molecule has 0 saturated carbocycles. The van der Waals surface area contributed by atoms with Gasteiger partial charge in [-0.25, -0.2) is 0 Å². The molecule has 1 heterocycles. The van der Waals surface area contributed by atoms with E-state index >= 15 is 0 Å². The molecular formula is C5H10N2S2. The molecule has 0 fully saturated rings. The van der Waals surface area contributed by atoms with Crippen LogP contribution in [0.25, 0.3) is 0 Å². The first-order valence-electron chi connectivity index (χ1n) is 2.45. The van der Waals surface area contributed by atoms with Crippen LogP contribution in [0.3, 0.4) is 0 Å². The SMILES string of the molecule is S=C([S-])N1C=CCC1.[NH4+]. The molecule has 0 unspecified atom stereocenters. The van der Waals surface area contributed by atoms with Gasteiger partial charge in [0.1, 0.15) is 0 Å². The van der Waals surface area contributed by atoms with Crippen LogP contribution >= 0.6 is 12.2 Å². The molecule has 0 aliphatic carbocycles. The zero-order valence-electron chi connectivity index (χ0n) is 5.33. The molecule has 4 heteroatoms. The highest BCUT2D eigenvalue weighted by atomic mass is 32.1. The molecular weight excluding hydrogens is 152 g/mol. The Bertz CT molecular complexity index is 133. The first kappa shape index (κ1) is 8.81. The Balaban J connectivity index is 0.000000640. The maximum atomic E-state index is 4.74. The van der Waals surface area contributed by atoms with Crippen LogP contribution in [0.15, 0.2) is 12.3 Å². The van der Waals surface area contributed by atoms with E-state index in [9.17, 15) is 0 Å². The van der Waals surface area contributed by atoms with Gasteiger partial charge in [-0.1, -0.05) is 10.4 Å². The number of hydrogen-bond donors (Lipinski definition) is 1. The lowest BCUT2D eigenvalue weighted by molar-refractivity contribution is 0.624. The normalized spacial score (nSPS) is 15.3. The Labute approximate surface area is 65.9 Å². The first-order chi connectivity index (χ1) is 3.80. The van der Waals surface area contributed by atoms with Crippen LogP contribution in [0.4, 0.5) is 0 Å². The molecule has 0 atom stereocenters. The lowest BCUT2D eigenvalue weighted by Crippen LogP contribution is -2.18. The highest BCUT2D eigenvalue weighted by molar-refractivity contribution is 8.00. The summed E-state index contributed by atoms with van der Waals surface area (Å²) in [6.07, 6.45) is 5.09. The molecule has 0 spiro atoms. The molecule has 1 aliphatic heterocycles. The van der Waals surface area contributed by atoms with E-state index in [1.165, 1.54) is 0 Å². The zero-order chi connectivity index (χ0) is 5.98. The molecule has 1 rings (SSSR count). The molecule has 0 radical (unpaired) electrons. The minimum absolute atomic E-state index is 0. The summed E-state index contributed by atoms with van der Waals surface area (Å²) in [5.74, 6) is 0. The fraction of sp³-hybridized carbons (Fsp3) is 0.400. The van der Waals surface area contributed by atoms with Crippen molar-refractivity contribution in [2.45, 2.75) is 6.42 Å². The minimum atomic E-state index is 0. The quantitative estimate of drug-likeness (QED) is 0.432. The number of nitrogens with zero attached hydrogens (tertiary/aromatic N) is 1. The summed E-state index contributed by atoms with van der Waals surface area (Å²) in [6, 6.07) is 0. The van der Waals surface area contributed by atoms with Gasteiger partial charge in [0.05, 0.1) is 0 Å². The third kappa shape index (κ3) is 2.26. The van der Waals surface area contributed by atoms with E-state index in [0.717, 1.165) is 13.0 Å². The van der Waals surface area contributed by atoms with E-state index in [1.807, 2.05) is 11.1 Å².